The Kier molecular flexibility index (Phi) is 21.4. The average molecular weight is 818 g/mol. The van der Waals surface area contributed by atoms with Crippen LogP contribution in [0.15, 0.2) is 23.3 Å². The SMILES string of the molecule is CC/C=C(\C)[C@H]1OC(=O)[C@H](C)N(C)C(=O)[C@H](C(C)C)NC(=O)CN(C)C(=O)[C@@H](CC(C)C)N(C)C(=O)[C@H](C(C)C)NC(=O)[C@@H]([C@@H](C)CC)OC(=O)/C(C)=C/CC[C@@H]1C. The summed E-state index contributed by atoms with van der Waals surface area (Å²) in [6, 6.07) is -4.05. The number of likely N-dealkylation sites (N-methyl/N-ethyl adjacent to an activating group) is 3. The number of cyclic esters (lactones) is 2. The van der Waals surface area contributed by atoms with E-state index in [9.17, 15) is 33.6 Å². The summed E-state index contributed by atoms with van der Waals surface area (Å²) in [6.07, 6.45) is 4.40. The topological polar surface area (TPSA) is 172 Å². The standard InChI is InChI=1S/C44H75N5O9/c1-17-20-29(10)37-30(11)21-19-22-31(12)43(55)58-38(28(9)18-2)39(51)46-36(27(7)8)42(54)49(16)33(23-25(3)4)40(52)47(14)24-34(50)45-35(26(5)6)41(53)48(15)32(13)44(56)57-37/h20,22,25-28,30,32-33,35-38H,17-19,21,23-24H2,1-16H3,(H,45,50)(H,46,51)/b29-20+,31-22+/t28-,30-,32-,33+,35-,36-,37+,38+/m0/s1. The Hall–Kier alpha value is -4.23. The van der Waals surface area contributed by atoms with Crippen molar-refractivity contribution in [3.63, 3.8) is 0 Å². The van der Waals surface area contributed by atoms with Crippen LogP contribution in [-0.2, 0) is 43.0 Å². The van der Waals surface area contributed by atoms with E-state index in [1.807, 2.05) is 47.6 Å². The van der Waals surface area contributed by atoms with Gasteiger partial charge in [-0.1, -0.05) is 81.4 Å². The molecule has 0 fully saturated rings. The zero-order valence-electron chi connectivity index (χ0n) is 38.3. The molecule has 5 amide bonds. The molecule has 58 heavy (non-hydrogen) atoms. The van der Waals surface area contributed by atoms with Gasteiger partial charge >= 0.3 is 11.9 Å². The second kappa shape index (κ2) is 24.0. The van der Waals surface area contributed by atoms with Crippen LogP contribution in [0, 0.1) is 29.6 Å². The van der Waals surface area contributed by atoms with E-state index in [1.165, 1.54) is 35.8 Å². The zero-order valence-corrected chi connectivity index (χ0v) is 38.3. The molecule has 1 aliphatic rings. The lowest BCUT2D eigenvalue weighted by Crippen LogP contribution is -2.59. The lowest BCUT2D eigenvalue weighted by atomic mass is 9.92. The van der Waals surface area contributed by atoms with Crippen LogP contribution in [0.3, 0.4) is 0 Å². The Morgan fingerprint density at radius 1 is 0.828 bits per heavy atom. The van der Waals surface area contributed by atoms with Crippen molar-refractivity contribution < 1.29 is 43.0 Å². The highest BCUT2D eigenvalue weighted by molar-refractivity contribution is 5.96. The van der Waals surface area contributed by atoms with Crippen LogP contribution < -0.4 is 10.6 Å². The van der Waals surface area contributed by atoms with Crippen LogP contribution >= 0.6 is 0 Å². The number of rotatable bonds is 8. The predicted octanol–water partition coefficient (Wildman–Crippen LogP) is 5.05. The molecule has 0 aromatic heterocycles. The normalized spacial score (nSPS) is 28.3. The Balaban J connectivity index is 3.81. The minimum atomic E-state index is -1.19. The summed E-state index contributed by atoms with van der Waals surface area (Å²) in [5.41, 5.74) is 1.16. The quantitative estimate of drug-likeness (QED) is 0.251. The monoisotopic (exact) mass is 818 g/mol. The van der Waals surface area contributed by atoms with Gasteiger partial charge < -0.3 is 34.8 Å². The minimum absolute atomic E-state index is 0.0263. The van der Waals surface area contributed by atoms with Crippen LogP contribution in [0.4, 0.5) is 0 Å². The fourth-order valence-corrected chi connectivity index (χ4v) is 6.81. The predicted molar refractivity (Wildman–Crippen MR) is 225 cm³/mol. The highest BCUT2D eigenvalue weighted by Crippen LogP contribution is 2.25. The van der Waals surface area contributed by atoms with Gasteiger partial charge in [-0.15, -0.1) is 0 Å². The van der Waals surface area contributed by atoms with Crippen molar-refractivity contribution in [2.75, 3.05) is 27.7 Å². The maximum absolute atomic E-state index is 14.2. The van der Waals surface area contributed by atoms with E-state index in [-0.39, 0.29) is 30.1 Å². The second-order valence-electron chi connectivity index (χ2n) is 17.3. The molecule has 0 aromatic carbocycles. The van der Waals surface area contributed by atoms with Crippen molar-refractivity contribution in [1.82, 2.24) is 25.3 Å². The molecule has 8 atom stereocenters. The summed E-state index contributed by atoms with van der Waals surface area (Å²) in [6.45, 7) is 23.2. The van der Waals surface area contributed by atoms with Gasteiger partial charge in [0.25, 0.3) is 5.91 Å². The highest BCUT2D eigenvalue weighted by atomic mass is 16.6. The van der Waals surface area contributed by atoms with Crippen LogP contribution in [0.25, 0.3) is 0 Å². The summed E-state index contributed by atoms with van der Waals surface area (Å²) in [4.78, 5) is 100. The molecule has 0 unspecified atom stereocenters. The Bertz CT molecular complexity index is 1510. The Labute approximate surface area is 348 Å². The number of carbonyl (C=O) groups excluding carboxylic acids is 7. The van der Waals surface area contributed by atoms with Gasteiger partial charge in [0.05, 0.1) is 6.54 Å². The number of hydrogen-bond donors (Lipinski definition) is 2. The van der Waals surface area contributed by atoms with Gasteiger partial charge in [0.2, 0.25) is 23.6 Å². The van der Waals surface area contributed by atoms with Crippen molar-refractivity contribution in [3.05, 3.63) is 23.3 Å². The zero-order chi connectivity index (χ0) is 44.8. The second-order valence-corrected chi connectivity index (χ2v) is 17.3. The van der Waals surface area contributed by atoms with Gasteiger partial charge in [0.1, 0.15) is 30.3 Å². The lowest BCUT2D eigenvalue weighted by Gasteiger charge is -2.36. The summed E-state index contributed by atoms with van der Waals surface area (Å²) in [5, 5.41) is 5.60. The van der Waals surface area contributed by atoms with E-state index in [4.69, 9.17) is 9.47 Å². The Morgan fingerprint density at radius 2 is 1.38 bits per heavy atom. The van der Waals surface area contributed by atoms with E-state index in [0.717, 1.165) is 5.57 Å². The molecule has 0 spiro atoms. The van der Waals surface area contributed by atoms with Gasteiger partial charge in [-0.05, 0) is 82.1 Å². The molecular formula is C44H75N5O9. The van der Waals surface area contributed by atoms with Crippen molar-refractivity contribution >= 4 is 41.5 Å². The van der Waals surface area contributed by atoms with Gasteiger partial charge in [-0.3, -0.25) is 24.0 Å². The van der Waals surface area contributed by atoms with E-state index < -0.39 is 90.3 Å². The van der Waals surface area contributed by atoms with Crippen LogP contribution in [0.2, 0.25) is 0 Å². The molecule has 330 valence electrons. The van der Waals surface area contributed by atoms with Crippen LogP contribution in [0.5, 0.6) is 0 Å². The molecule has 1 rings (SSSR count). The fourth-order valence-electron chi connectivity index (χ4n) is 6.81. The lowest BCUT2D eigenvalue weighted by molar-refractivity contribution is -0.159. The molecular weight excluding hydrogens is 743 g/mol. The first-order valence-electron chi connectivity index (χ1n) is 21.0. The highest BCUT2D eigenvalue weighted by Gasteiger charge is 2.39. The summed E-state index contributed by atoms with van der Waals surface area (Å²) in [7, 11) is 4.44. The maximum atomic E-state index is 14.2. The third kappa shape index (κ3) is 14.9. The van der Waals surface area contributed by atoms with Gasteiger partial charge in [-0.25, -0.2) is 9.59 Å². The third-order valence-corrected chi connectivity index (χ3v) is 11.1. The van der Waals surface area contributed by atoms with E-state index >= 15 is 0 Å². The van der Waals surface area contributed by atoms with E-state index in [2.05, 4.69) is 10.6 Å². The third-order valence-electron chi connectivity index (χ3n) is 11.1. The van der Waals surface area contributed by atoms with E-state index in [1.54, 1.807) is 54.5 Å². The number of esters is 2. The maximum Gasteiger partial charge on any atom is 0.334 e. The molecule has 14 heteroatoms. The van der Waals surface area contributed by atoms with Crippen molar-refractivity contribution in [2.45, 2.75) is 158 Å². The fraction of sp³-hybridized carbons (Fsp3) is 0.750. The molecule has 0 radical (unpaired) electrons. The van der Waals surface area contributed by atoms with E-state index in [0.29, 0.717) is 31.3 Å². The molecule has 0 aromatic rings. The van der Waals surface area contributed by atoms with Gasteiger partial charge in [-0.2, -0.15) is 0 Å². The van der Waals surface area contributed by atoms with Crippen molar-refractivity contribution in [2.24, 2.45) is 29.6 Å². The summed E-state index contributed by atoms with van der Waals surface area (Å²) >= 11 is 0. The first-order chi connectivity index (χ1) is 26.9. The molecule has 0 bridgehead atoms. The smallest absolute Gasteiger partial charge is 0.334 e. The number of nitrogens with zero attached hydrogens (tertiary/aromatic N) is 3. The largest absolute Gasteiger partial charge is 0.456 e. The average Bonchev–Trinajstić information content (AvgIpc) is 3.15. The molecule has 2 N–H and O–H groups in total. The van der Waals surface area contributed by atoms with Crippen LogP contribution in [0.1, 0.15) is 122 Å². The Morgan fingerprint density at radius 3 is 1.90 bits per heavy atom. The summed E-state index contributed by atoms with van der Waals surface area (Å²) in [5.74, 6) is -5.36. The molecule has 0 saturated heterocycles. The molecule has 0 saturated carbocycles. The molecule has 1 heterocycles. The number of allylic oxidation sites excluding steroid dienone is 2. The van der Waals surface area contributed by atoms with Crippen molar-refractivity contribution in [3.8, 4) is 0 Å². The first-order valence-corrected chi connectivity index (χ1v) is 21.0. The molecule has 0 aliphatic carbocycles. The number of ether oxygens (including phenoxy) is 2. The summed E-state index contributed by atoms with van der Waals surface area (Å²) < 4.78 is 11.9. The number of hydrogen-bond acceptors (Lipinski definition) is 9. The molecule has 1 aliphatic heterocycles. The van der Waals surface area contributed by atoms with Gasteiger partial charge in [0.15, 0.2) is 6.10 Å². The minimum Gasteiger partial charge on any atom is -0.456 e. The number of amides is 5. The van der Waals surface area contributed by atoms with Gasteiger partial charge in [0, 0.05) is 32.6 Å². The van der Waals surface area contributed by atoms with Crippen LogP contribution in [-0.4, -0.2) is 120 Å². The number of carbonyl (C=O) groups is 7. The van der Waals surface area contributed by atoms with Crippen molar-refractivity contribution in [1.29, 1.82) is 0 Å². The molecule has 14 nitrogen and oxygen atoms in total. The number of nitrogens with one attached hydrogen (secondary N) is 2. The first kappa shape index (κ1) is 51.8.